The molecule has 7 heteroatoms. The second kappa shape index (κ2) is 5.85. The van der Waals surface area contributed by atoms with Crippen molar-refractivity contribution in [3.05, 3.63) is 17.3 Å². The molecule has 0 spiro atoms. The molecule has 0 unspecified atom stereocenters. The number of nitrogens with zero attached hydrogens (tertiary/aromatic N) is 1. The second-order valence-electron chi connectivity index (χ2n) is 5.63. The average Bonchev–Trinajstić information content (AvgIpc) is 2.64. The Hall–Kier alpha value is -1.53. The lowest BCUT2D eigenvalue weighted by atomic mass is 9.97. The number of oxazole rings is 1. The molecular formula is C13H19F3N2O2. The fourth-order valence-electron chi connectivity index (χ4n) is 1.53. The van der Waals surface area contributed by atoms with Gasteiger partial charge in [-0.1, -0.05) is 20.8 Å². The first-order valence-electron chi connectivity index (χ1n) is 6.33. The number of carbonyl (C=O) groups excluding carboxylic acids is 1. The molecule has 4 nitrogen and oxygen atoms in total. The van der Waals surface area contributed by atoms with Crippen molar-refractivity contribution in [1.82, 2.24) is 10.3 Å². The van der Waals surface area contributed by atoms with Crippen LogP contribution in [0.5, 0.6) is 0 Å². The molecule has 1 N–H and O–H groups in total. The molecule has 0 fully saturated rings. The van der Waals surface area contributed by atoms with Crippen LogP contribution in [0.3, 0.4) is 0 Å². The highest BCUT2D eigenvalue weighted by atomic mass is 19.4. The molecule has 1 amide bonds. The molecule has 0 bridgehead atoms. The summed E-state index contributed by atoms with van der Waals surface area (Å²) in [5.74, 6) is -0.664. The van der Waals surface area contributed by atoms with Crippen LogP contribution in [0, 0.1) is 6.92 Å². The predicted octanol–water partition coefficient (Wildman–Crippen LogP) is 2.89. The van der Waals surface area contributed by atoms with Gasteiger partial charge in [-0.2, -0.15) is 13.2 Å². The van der Waals surface area contributed by atoms with Crippen LogP contribution >= 0.6 is 0 Å². The molecule has 114 valence electrons. The molecule has 0 aliphatic heterocycles. The molecule has 1 rings (SSSR count). The van der Waals surface area contributed by atoms with Crippen LogP contribution < -0.4 is 5.32 Å². The lowest BCUT2D eigenvalue weighted by Crippen LogP contribution is -2.37. The number of nitrogens with one attached hydrogen (secondary N) is 1. The Morgan fingerprint density at radius 1 is 1.30 bits per heavy atom. The third-order valence-corrected chi connectivity index (χ3v) is 2.66. The van der Waals surface area contributed by atoms with E-state index in [0.717, 1.165) is 5.69 Å². The van der Waals surface area contributed by atoms with Gasteiger partial charge in [0, 0.05) is 18.4 Å². The van der Waals surface area contributed by atoms with Gasteiger partial charge in [0.2, 0.25) is 0 Å². The number of alkyl halides is 3. The normalized spacial score (nSPS) is 12.6. The molecule has 0 radical (unpaired) electrons. The van der Waals surface area contributed by atoms with Crippen LogP contribution in [0.4, 0.5) is 13.2 Å². The van der Waals surface area contributed by atoms with E-state index in [1.807, 2.05) is 26.1 Å². The van der Waals surface area contributed by atoms with Gasteiger partial charge >= 0.3 is 12.1 Å². The van der Waals surface area contributed by atoms with Gasteiger partial charge in [0.05, 0.1) is 5.69 Å². The first-order chi connectivity index (χ1) is 9.01. The Bertz CT molecular complexity index is 473. The Labute approximate surface area is 115 Å². The fraction of sp³-hybridized carbons (Fsp3) is 0.692. The molecule has 0 atom stereocenters. The van der Waals surface area contributed by atoms with Crippen LogP contribution in [-0.2, 0) is 16.6 Å². The summed E-state index contributed by atoms with van der Waals surface area (Å²) in [7, 11) is 0. The van der Waals surface area contributed by atoms with Crippen molar-refractivity contribution in [2.75, 3.05) is 6.54 Å². The van der Waals surface area contributed by atoms with E-state index in [4.69, 9.17) is 4.42 Å². The van der Waals surface area contributed by atoms with Crippen LogP contribution in [-0.4, -0.2) is 23.6 Å². The van der Waals surface area contributed by atoms with Gasteiger partial charge in [-0.05, 0) is 13.3 Å². The lowest BCUT2D eigenvalue weighted by molar-refractivity contribution is -0.173. The van der Waals surface area contributed by atoms with Crippen LogP contribution in [0.25, 0.3) is 0 Å². The molecule has 20 heavy (non-hydrogen) atoms. The Morgan fingerprint density at radius 3 is 2.35 bits per heavy atom. The molecule has 0 saturated carbocycles. The number of carbonyl (C=O) groups is 1. The van der Waals surface area contributed by atoms with E-state index >= 15 is 0 Å². The Kier molecular flexibility index (Phi) is 4.83. The van der Waals surface area contributed by atoms with Gasteiger partial charge in [0.1, 0.15) is 5.76 Å². The van der Waals surface area contributed by atoms with Crippen LogP contribution in [0.1, 0.15) is 44.5 Å². The summed E-state index contributed by atoms with van der Waals surface area (Å²) in [4.78, 5) is 14.9. The van der Waals surface area contributed by atoms with Crippen molar-refractivity contribution in [3.63, 3.8) is 0 Å². The summed E-state index contributed by atoms with van der Waals surface area (Å²) in [6.45, 7) is 7.63. The van der Waals surface area contributed by atoms with Crippen molar-refractivity contribution in [2.45, 2.75) is 52.1 Å². The predicted molar refractivity (Wildman–Crippen MR) is 67.3 cm³/mol. The quantitative estimate of drug-likeness (QED) is 0.868. The summed E-state index contributed by atoms with van der Waals surface area (Å²) >= 11 is 0. The zero-order valence-corrected chi connectivity index (χ0v) is 12.0. The SMILES string of the molecule is Cc1nc(C(C)(C)C)oc1CCCNC(=O)C(F)(F)F. The number of amides is 1. The third-order valence-electron chi connectivity index (χ3n) is 2.66. The zero-order valence-electron chi connectivity index (χ0n) is 12.0. The number of rotatable bonds is 4. The van der Waals surface area contributed by atoms with Gasteiger partial charge in [-0.25, -0.2) is 4.98 Å². The largest absolute Gasteiger partial charge is 0.471 e. The van der Waals surface area contributed by atoms with Gasteiger partial charge in [0.25, 0.3) is 0 Å². The van der Waals surface area contributed by atoms with E-state index in [1.54, 1.807) is 6.92 Å². The highest BCUT2D eigenvalue weighted by molar-refractivity contribution is 5.81. The lowest BCUT2D eigenvalue weighted by Gasteiger charge is -2.12. The first kappa shape index (κ1) is 16.5. The average molecular weight is 292 g/mol. The number of aromatic nitrogens is 1. The summed E-state index contributed by atoms with van der Waals surface area (Å²) in [5.41, 5.74) is 0.519. The standard InChI is InChI=1S/C13H19F3N2O2/c1-8-9(20-11(18-8)12(2,3)4)6-5-7-17-10(19)13(14,15)16/h5-7H2,1-4H3,(H,17,19). The molecule has 1 aromatic heterocycles. The maximum Gasteiger partial charge on any atom is 0.471 e. The molecular weight excluding hydrogens is 273 g/mol. The molecule has 1 aromatic rings. The van der Waals surface area contributed by atoms with Gasteiger partial charge in [-0.15, -0.1) is 0 Å². The zero-order chi connectivity index (χ0) is 15.6. The minimum Gasteiger partial charge on any atom is -0.445 e. The van der Waals surface area contributed by atoms with E-state index in [9.17, 15) is 18.0 Å². The Morgan fingerprint density at radius 2 is 1.90 bits per heavy atom. The van der Waals surface area contributed by atoms with Gasteiger partial charge in [0.15, 0.2) is 5.89 Å². The van der Waals surface area contributed by atoms with E-state index in [-0.39, 0.29) is 12.0 Å². The summed E-state index contributed by atoms with van der Waals surface area (Å²) < 4.78 is 41.5. The highest BCUT2D eigenvalue weighted by Gasteiger charge is 2.38. The topological polar surface area (TPSA) is 55.1 Å². The summed E-state index contributed by atoms with van der Waals surface area (Å²) in [6, 6.07) is 0. The molecule has 0 aromatic carbocycles. The number of hydrogen-bond acceptors (Lipinski definition) is 3. The molecule has 0 aliphatic rings. The smallest absolute Gasteiger partial charge is 0.445 e. The number of hydrogen-bond donors (Lipinski definition) is 1. The van der Waals surface area contributed by atoms with Gasteiger partial charge in [-0.3, -0.25) is 4.79 Å². The second-order valence-corrected chi connectivity index (χ2v) is 5.63. The van der Waals surface area contributed by atoms with Crippen molar-refractivity contribution in [2.24, 2.45) is 0 Å². The molecule has 0 aliphatic carbocycles. The van der Waals surface area contributed by atoms with Crippen LogP contribution in [0.2, 0.25) is 0 Å². The van der Waals surface area contributed by atoms with Crippen LogP contribution in [0.15, 0.2) is 4.42 Å². The maximum absolute atomic E-state index is 12.0. The number of halogens is 3. The minimum absolute atomic E-state index is 0.0522. The Balaban J connectivity index is 2.48. The summed E-state index contributed by atoms with van der Waals surface area (Å²) in [5, 5.41) is 1.82. The maximum atomic E-state index is 12.0. The monoisotopic (exact) mass is 292 g/mol. The van der Waals surface area contributed by atoms with E-state index in [0.29, 0.717) is 24.5 Å². The van der Waals surface area contributed by atoms with Crippen molar-refractivity contribution in [3.8, 4) is 0 Å². The van der Waals surface area contributed by atoms with E-state index < -0.39 is 12.1 Å². The minimum atomic E-state index is -4.83. The molecule has 1 heterocycles. The fourth-order valence-corrected chi connectivity index (χ4v) is 1.53. The van der Waals surface area contributed by atoms with E-state index in [2.05, 4.69) is 4.98 Å². The third kappa shape index (κ3) is 4.54. The van der Waals surface area contributed by atoms with Gasteiger partial charge < -0.3 is 9.73 Å². The van der Waals surface area contributed by atoms with Crippen molar-refractivity contribution >= 4 is 5.91 Å². The first-order valence-corrected chi connectivity index (χ1v) is 6.33. The molecule has 0 saturated heterocycles. The summed E-state index contributed by atoms with van der Waals surface area (Å²) in [6.07, 6.45) is -4.03. The van der Waals surface area contributed by atoms with Crippen molar-refractivity contribution < 1.29 is 22.4 Å². The highest BCUT2D eigenvalue weighted by Crippen LogP contribution is 2.24. The van der Waals surface area contributed by atoms with Crippen molar-refractivity contribution in [1.29, 1.82) is 0 Å². The van der Waals surface area contributed by atoms with E-state index in [1.165, 1.54) is 0 Å². The number of aryl methyl sites for hydroxylation is 2.